The predicted molar refractivity (Wildman–Crippen MR) is 104 cm³/mol. The molecule has 0 aliphatic carbocycles. The van der Waals surface area contributed by atoms with E-state index in [-0.39, 0.29) is 39.7 Å². The number of aliphatic hydroxyl groups is 2. The summed E-state index contributed by atoms with van der Waals surface area (Å²) in [5.41, 5.74) is 0. The van der Waals surface area contributed by atoms with Gasteiger partial charge in [0.1, 0.15) is 24.9 Å². The van der Waals surface area contributed by atoms with Crippen molar-refractivity contribution in [2.75, 3.05) is 6.61 Å². The van der Waals surface area contributed by atoms with E-state index in [9.17, 15) is 24.6 Å². The summed E-state index contributed by atoms with van der Waals surface area (Å²) in [6.07, 6.45) is -2.51. The molecule has 1 aliphatic rings. The molecule has 1 rings (SSSR count). The van der Waals surface area contributed by atoms with Gasteiger partial charge in [0.05, 0.1) is 0 Å². The van der Waals surface area contributed by atoms with Crippen molar-refractivity contribution < 1.29 is 41.5 Å². The van der Waals surface area contributed by atoms with Gasteiger partial charge >= 0.3 is 11.9 Å². The van der Waals surface area contributed by atoms with Crippen LogP contribution in [0.25, 0.3) is 0 Å². The summed E-state index contributed by atoms with van der Waals surface area (Å²) in [5, 5.41) is 23.5. The van der Waals surface area contributed by atoms with Crippen molar-refractivity contribution in [3.8, 4) is 0 Å². The van der Waals surface area contributed by atoms with Gasteiger partial charge < -0.3 is 29.7 Å². The molecule has 5 atom stereocenters. The minimum Gasteiger partial charge on any atom is -0.463 e. The second kappa shape index (κ2) is 13.5. The Balaban J connectivity index is 2.81. The number of aliphatic hydroxyl groups excluding tert-OH is 2. The highest BCUT2D eigenvalue weighted by Crippen LogP contribution is 2.24. The summed E-state index contributed by atoms with van der Waals surface area (Å²) in [4.78, 5) is 36.0. The van der Waals surface area contributed by atoms with Gasteiger partial charge in [0, 0.05) is 22.0 Å². The van der Waals surface area contributed by atoms with E-state index >= 15 is 0 Å². The van der Waals surface area contributed by atoms with E-state index in [1.54, 1.807) is 6.92 Å². The summed E-state index contributed by atoms with van der Waals surface area (Å²) < 4.78 is 30.1. The van der Waals surface area contributed by atoms with E-state index in [1.807, 2.05) is 0 Å². The number of ether oxygens (including phenoxy) is 3. The fourth-order valence-electron chi connectivity index (χ4n) is 2.85. The molecule has 1 saturated heterocycles. The van der Waals surface area contributed by atoms with Crippen molar-refractivity contribution in [1.29, 1.82) is 0 Å². The van der Waals surface area contributed by atoms with Crippen LogP contribution >= 0.6 is 0 Å². The zero-order valence-corrected chi connectivity index (χ0v) is 17.0. The predicted octanol–water partition coefficient (Wildman–Crippen LogP) is 1.18. The van der Waals surface area contributed by atoms with Crippen LogP contribution in [0.5, 0.6) is 0 Å². The Hall–Kier alpha value is -1.71. The molecule has 0 aromatic rings. The van der Waals surface area contributed by atoms with Gasteiger partial charge in [-0.3, -0.25) is 14.4 Å². The Bertz CT molecular complexity index is 565. The number of carbonyl (C=O) groups is 3. The van der Waals surface area contributed by atoms with Crippen LogP contribution in [0, 0.1) is 0 Å². The first kappa shape index (κ1) is 22.0. The zero-order valence-electron chi connectivity index (χ0n) is 19.0. The van der Waals surface area contributed by atoms with E-state index < -0.39 is 48.5 Å². The van der Waals surface area contributed by atoms with Gasteiger partial charge in [-0.05, 0) is 19.3 Å². The van der Waals surface area contributed by atoms with Crippen LogP contribution < -0.4 is 5.32 Å². The molecule has 0 spiro atoms. The normalized spacial score (nSPS) is 27.5. The van der Waals surface area contributed by atoms with Crippen LogP contribution in [0.3, 0.4) is 0 Å². The van der Waals surface area contributed by atoms with Crippen LogP contribution in [-0.4, -0.2) is 65.3 Å². The molecule has 1 amide bonds. The summed E-state index contributed by atoms with van der Waals surface area (Å²) in [6.45, 7) is 1.84. The fraction of sp³-hybridized carbons (Fsp3) is 0.850. The number of amides is 1. The van der Waals surface area contributed by atoms with Gasteiger partial charge in [0.15, 0.2) is 12.4 Å². The monoisotopic (exact) mass is 419 g/mol. The maximum Gasteiger partial charge on any atom is 0.306 e. The maximum atomic E-state index is 12.2. The number of rotatable bonds is 12. The topological polar surface area (TPSA) is 131 Å². The molecular formula is C20H35NO8. The summed E-state index contributed by atoms with van der Waals surface area (Å²) >= 11 is 0. The smallest absolute Gasteiger partial charge is 0.306 e. The van der Waals surface area contributed by atoms with Gasteiger partial charge in [-0.25, -0.2) is 0 Å². The van der Waals surface area contributed by atoms with E-state index in [4.69, 9.17) is 17.0 Å². The SMILES string of the molecule is [2H]CCCCC(=O)OC[C@H]1OC(O)[C@H](NC(=O)CCC)[C@@H](O)[C@@H]1OC(=O)CCCC[2H]. The van der Waals surface area contributed by atoms with Crippen molar-refractivity contribution in [3.05, 3.63) is 0 Å². The minimum absolute atomic E-state index is 0.0388. The lowest BCUT2D eigenvalue weighted by atomic mass is 9.96. The minimum atomic E-state index is -1.58. The average Bonchev–Trinajstić information content (AvgIpc) is 2.72. The molecule has 1 unspecified atom stereocenters. The Labute approximate surface area is 174 Å². The lowest BCUT2D eigenvalue weighted by molar-refractivity contribution is -0.261. The van der Waals surface area contributed by atoms with E-state index in [1.165, 1.54) is 0 Å². The first-order valence-electron chi connectivity index (χ1n) is 11.5. The number of esters is 2. The third-order valence-corrected chi connectivity index (χ3v) is 4.44. The fourth-order valence-corrected chi connectivity index (χ4v) is 2.85. The standard InChI is InChI=1S/C20H35NO8/c1-4-7-10-15(23)27-12-13-19(29-16(24)11-8-5-2)18(25)17(20(26)28-13)21-14(22)9-6-3/h13,17-20,25-26H,4-12H2,1-3H3,(H,21,22)/t13-,17-,18-,19-,20?/m1/s1/i1D,2D. The van der Waals surface area contributed by atoms with Crippen LogP contribution in [-0.2, 0) is 28.6 Å². The van der Waals surface area contributed by atoms with Gasteiger partial charge in [0.2, 0.25) is 5.91 Å². The number of carbonyl (C=O) groups excluding carboxylic acids is 3. The molecule has 1 heterocycles. The highest BCUT2D eigenvalue weighted by atomic mass is 16.7. The van der Waals surface area contributed by atoms with Crippen molar-refractivity contribution in [3.63, 3.8) is 0 Å². The molecule has 0 aromatic carbocycles. The van der Waals surface area contributed by atoms with Gasteiger partial charge in [-0.1, -0.05) is 33.6 Å². The summed E-state index contributed by atoms with van der Waals surface area (Å²) in [7, 11) is 0. The van der Waals surface area contributed by atoms with E-state index in [2.05, 4.69) is 5.32 Å². The van der Waals surface area contributed by atoms with Crippen molar-refractivity contribution in [2.24, 2.45) is 0 Å². The lowest BCUT2D eigenvalue weighted by Gasteiger charge is -2.42. The van der Waals surface area contributed by atoms with Crippen LogP contribution in [0.2, 0.25) is 0 Å². The summed E-state index contributed by atoms with van der Waals surface area (Å²) in [5.74, 6) is -1.54. The number of hydrogen-bond acceptors (Lipinski definition) is 8. The van der Waals surface area contributed by atoms with E-state index in [0.717, 1.165) is 0 Å². The third kappa shape index (κ3) is 8.67. The molecule has 168 valence electrons. The second-order valence-corrected chi connectivity index (χ2v) is 6.95. The molecule has 0 radical (unpaired) electrons. The highest BCUT2D eigenvalue weighted by Gasteiger charge is 2.47. The van der Waals surface area contributed by atoms with Gasteiger partial charge in [-0.2, -0.15) is 0 Å². The summed E-state index contributed by atoms with van der Waals surface area (Å²) in [6, 6.07) is -1.21. The van der Waals surface area contributed by atoms with Crippen LogP contribution in [0.4, 0.5) is 0 Å². The molecule has 3 N–H and O–H groups in total. The largest absolute Gasteiger partial charge is 0.463 e. The second-order valence-electron chi connectivity index (χ2n) is 6.95. The number of unbranched alkanes of at least 4 members (excludes halogenated alkanes) is 2. The van der Waals surface area contributed by atoms with Crippen molar-refractivity contribution in [1.82, 2.24) is 5.32 Å². The molecule has 0 aromatic heterocycles. The van der Waals surface area contributed by atoms with E-state index in [0.29, 0.717) is 32.1 Å². The Morgan fingerprint density at radius 3 is 2.31 bits per heavy atom. The van der Waals surface area contributed by atoms with Gasteiger partial charge in [-0.15, -0.1) is 0 Å². The highest BCUT2D eigenvalue weighted by molar-refractivity contribution is 5.76. The van der Waals surface area contributed by atoms with Crippen molar-refractivity contribution >= 4 is 17.8 Å². The molecule has 9 nitrogen and oxygen atoms in total. The molecule has 9 heteroatoms. The Morgan fingerprint density at radius 1 is 1.03 bits per heavy atom. The lowest BCUT2D eigenvalue weighted by Crippen LogP contribution is -2.65. The first-order valence-corrected chi connectivity index (χ1v) is 10.1. The molecule has 1 fully saturated rings. The molecule has 0 bridgehead atoms. The van der Waals surface area contributed by atoms with Gasteiger partial charge in [0.25, 0.3) is 0 Å². The average molecular weight is 420 g/mol. The van der Waals surface area contributed by atoms with Crippen LogP contribution in [0.15, 0.2) is 0 Å². The third-order valence-electron chi connectivity index (χ3n) is 4.44. The van der Waals surface area contributed by atoms with Crippen LogP contribution in [0.1, 0.15) is 74.8 Å². The first-order chi connectivity index (χ1) is 14.8. The molecular weight excluding hydrogens is 382 g/mol. The number of hydrogen-bond donors (Lipinski definition) is 3. The molecule has 29 heavy (non-hydrogen) atoms. The number of nitrogens with one attached hydrogen (secondary N) is 1. The Morgan fingerprint density at radius 2 is 1.69 bits per heavy atom. The molecule has 1 aliphatic heterocycles. The maximum absolute atomic E-state index is 12.2. The molecule has 0 saturated carbocycles. The quantitative estimate of drug-likeness (QED) is 0.317. The zero-order chi connectivity index (χ0) is 23.2. The van der Waals surface area contributed by atoms with Crippen molar-refractivity contribution in [2.45, 2.75) is 103 Å². The Kier molecular flexibility index (Phi) is 10.2.